The Bertz CT molecular complexity index is 3550. The van der Waals surface area contributed by atoms with Crippen molar-refractivity contribution in [3.63, 3.8) is 0 Å². The lowest BCUT2D eigenvalue weighted by Crippen LogP contribution is -2.04. The Labute approximate surface area is 293 Å². The fourth-order valence-electron chi connectivity index (χ4n) is 9.07. The van der Waals surface area contributed by atoms with Gasteiger partial charge in [-0.05, 0) is 64.4 Å². The molecule has 0 radical (unpaired) electrons. The monoisotopic (exact) mass is 665 g/mol. The third-order valence-corrected chi connectivity index (χ3v) is 12.3. The third kappa shape index (κ3) is 3.21. The summed E-state index contributed by atoms with van der Waals surface area (Å²) in [5, 5.41) is 13.0. The SMILES string of the molecule is c1ccc2c(c1)ccc1c(-c3cccc4sc5ccccc5c34)nc(-n3c4cccc5c4c4c6c(ccc43)oc3ccc4cccc-5c4c36)nc12. The fraction of sp³-hybridized carbons (Fsp3) is 0. The molecule has 13 rings (SSSR count). The van der Waals surface area contributed by atoms with Crippen LogP contribution in [0.2, 0.25) is 0 Å². The maximum atomic E-state index is 6.57. The summed E-state index contributed by atoms with van der Waals surface area (Å²) >= 11 is 1.83. The second kappa shape index (κ2) is 9.16. The molecule has 0 amide bonds. The number of benzene rings is 8. The van der Waals surface area contributed by atoms with Crippen molar-refractivity contribution in [1.29, 1.82) is 0 Å². The number of furan rings is 1. The van der Waals surface area contributed by atoms with Crippen molar-refractivity contribution in [2.24, 2.45) is 0 Å². The largest absolute Gasteiger partial charge is 0.456 e. The van der Waals surface area contributed by atoms with Crippen molar-refractivity contribution in [2.45, 2.75) is 0 Å². The first-order chi connectivity index (χ1) is 25.3. The Morgan fingerprint density at radius 2 is 1.12 bits per heavy atom. The van der Waals surface area contributed by atoms with Crippen LogP contribution in [0.5, 0.6) is 0 Å². The van der Waals surface area contributed by atoms with Gasteiger partial charge in [-0.15, -0.1) is 11.3 Å². The molecule has 4 nitrogen and oxygen atoms in total. The van der Waals surface area contributed by atoms with E-state index in [0.717, 1.165) is 60.5 Å². The summed E-state index contributed by atoms with van der Waals surface area (Å²) in [6.07, 6.45) is 0. The van der Waals surface area contributed by atoms with Crippen LogP contribution in [0.15, 0.2) is 144 Å². The van der Waals surface area contributed by atoms with E-state index in [4.69, 9.17) is 14.4 Å². The van der Waals surface area contributed by atoms with Crippen molar-refractivity contribution in [3.8, 4) is 28.3 Å². The van der Waals surface area contributed by atoms with E-state index in [1.165, 1.54) is 58.2 Å². The molecule has 8 aromatic carbocycles. The van der Waals surface area contributed by atoms with Crippen molar-refractivity contribution in [2.75, 3.05) is 0 Å². The highest BCUT2D eigenvalue weighted by molar-refractivity contribution is 7.25. The lowest BCUT2D eigenvalue weighted by Gasteiger charge is -2.14. The number of thiophene rings is 1. The first kappa shape index (κ1) is 26.3. The van der Waals surface area contributed by atoms with Gasteiger partial charge in [0.1, 0.15) is 11.2 Å². The molecule has 1 aliphatic rings. The highest BCUT2D eigenvalue weighted by Gasteiger charge is 2.27. The second-order valence-corrected chi connectivity index (χ2v) is 14.7. The summed E-state index contributed by atoms with van der Waals surface area (Å²) in [4.78, 5) is 11.1. The molecule has 0 N–H and O–H groups in total. The van der Waals surface area contributed by atoms with Crippen LogP contribution in [0.1, 0.15) is 0 Å². The molecule has 51 heavy (non-hydrogen) atoms. The molecule has 234 valence electrons. The van der Waals surface area contributed by atoms with Crippen LogP contribution in [0.25, 0.3) is 125 Å². The van der Waals surface area contributed by atoms with Crippen LogP contribution in [-0.2, 0) is 0 Å². The average molecular weight is 666 g/mol. The minimum absolute atomic E-state index is 0.661. The van der Waals surface area contributed by atoms with E-state index < -0.39 is 0 Å². The lowest BCUT2D eigenvalue weighted by molar-refractivity contribution is 0.669. The van der Waals surface area contributed by atoms with Gasteiger partial charge in [-0.3, -0.25) is 4.57 Å². The fourth-order valence-corrected chi connectivity index (χ4v) is 10.2. The zero-order chi connectivity index (χ0) is 32.9. The Morgan fingerprint density at radius 1 is 0.431 bits per heavy atom. The molecule has 0 saturated heterocycles. The van der Waals surface area contributed by atoms with Crippen LogP contribution in [-0.4, -0.2) is 14.5 Å². The van der Waals surface area contributed by atoms with Crippen LogP contribution in [0, 0.1) is 0 Å². The molecule has 0 unspecified atom stereocenters. The van der Waals surface area contributed by atoms with E-state index in [1.807, 2.05) is 11.3 Å². The average Bonchev–Trinajstić information content (AvgIpc) is 3.83. The van der Waals surface area contributed by atoms with E-state index in [9.17, 15) is 0 Å². The summed E-state index contributed by atoms with van der Waals surface area (Å²) in [6, 6.07) is 50.2. The molecule has 0 saturated carbocycles. The first-order valence-corrected chi connectivity index (χ1v) is 18.1. The normalized spacial score (nSPS) is 12.7. The van der Waals surface area contributed by atoms with Gasteiger partial charge in [-0.25, -0.2) is 9.97 Å². The van der Waals surface area contributed by atoms with Gasteiger partial charge < -0.3 is 4.42 Å². The molecule has 0 atom stereocenters. The summed E-state index contributed by atoms with van der Waals surface area (Å²) in [5.41, 5.74) is 9.43. The zero-order valence-electron chi connectivity index (χ0n) is 26.9. The van der Waals surface area contributed by atoms with Gasteiger partial charge in [0, 0.05) is 63.4 Å². The maximum Gasteiger partial charge on any atom is 0.235 e. The third-order valence-electron chi connectivity index (χ3n) is 11.1. The van der Waals surface area contributed by atoms with E-state index in [0.29, 0.717) is 5.95 Å². The van der Waals surface area contributed by atoms with Crippen LogP contribution < -0.4 is 0 Å². The molecule has 4 aromatic heterocycles. The van der Waals surface area contributed by atoms with Gasteiger partial charge in [-0.2, -0.15) is 0 Å². The highest BCUT2D eigenvalue weighted by Crippen LogP contribution is 2.51. The molecule has 0 aliphatic heterocycles. The van der Waals surface area contributed by atoms with Gasteiger partial charge in [0.15, 0.2) is 0 Å². The molecule has 5 heteroatoms. The van der Waals surface area contributed by atoms with E-state index in [2.05, 4.69) is 144 Å². The summed E-state index contributed by atoms with van der Waals surface area (Å²) < 4.78 is 11.4. The number of hydrogen-bond donors (Lipinski definition) is 0. The summed E-state index contributed by atoms with van der Waals surface area (Å²) in [7, 11) is 0. The standard InChI is InChI=1S/C46H23N3OS/c1-2-10-26-24(8-1)18-20-31-44(26)47-46(48-45(31)30-14-7-17-37-39(30)29-11-3-4-16-36(29)51-37)49-32-15-6-13-28-27-12-5-9-25-19-22-34-42(38(25)27)43-35(50-34)23-21-33(49)41(43)40(28)32/h1-23H. The molecular formula is C46H23N3OS. The first-order valence-electron chi connectivity index (χ1n) is 17.3. The number of hydrogen-bond acceptors (Lipinski definition) is 4. The number of rotatable bonds is 2. The van der Waals surface area contributed by atoms with Gasteiger partial charge >= 0.3 is 0 Å². The highest BCUT2D eigenvalue weighted by atomic mass is 32.1. The smallest absolute Gasteiger partial charge is 0.235 e. The van der Waals surface area contributed by atoms with Gasteiger partial charge in [0.25, 0.3) is 0 Å². The Balaban J connectivity index is 1.24. The quantitative estimate of drug-likeness (QED) is 0.173. The molecule has 12 aromatic rings. The van der Waals surface area contributed by atoms with Gasteiger partial charge in [0.2, 0.25) is 5.95 Å². The predicted molar refractivity (Wildman–Crippen MR) is 213 cm³/mol. The molecule has 0 bridgehead atoms. The predicted octanol–water partition coefficient (Wildman–Crippen LogP) is 12.9. The second-order valence-electron chi connectivity index (χ2n) is 13.6. The Kier molecular flexibility index (Phi) is 4.73. The van der Waals surface area contributed by atoms with E-state index in [1.54, 1.807) is 0 Å². The van der Waals surface area contributed by atoms with E-state index in [-0.39, 0.29) is 0 Å². The summed E-state index contributed by atoms with van der Waals surface area (Å²) in [5.74, 6) is 0.661. The molecule has 4 heterocycles. The van der Waals surface area contributed by atoms with Gasteiger partial charge in [-0.1, -0.05) is 97.1 Å². The molecule has 0 fully saturated rings. The zero-order valence-corrected chi connectivity index (χ0v) is 27.8. The van der Waals surface area contributed by atoms with Crippen molar-refractivity contribution < 1.29 is 4.42 Å². The number of aromatic nitrogens is 3. The summed E-state index contributed by atoms with van der Waals surface area (Å²) in [6.45, 7) is 0. The van der Waals surface area contributed by atoms with Gasteiger partial charge in [0.05, 0.1) is 22.2 Å². The molecule has 0 spiro atoms. The van der Waals surface area contributed by atoms with Crippen LogP contribution in [0.3, 0.4) is 0 Å². The molecule has 1 aliphatic carbocycles. The minimum Gasteiger partial charge on any atom is -0.456 e. The van der Waals surface area contributed by atoms with Crippen molar-refractivity contribution >= 4 is 108 Å². The minimum atomic E-state index is 0.661. The number of fused-ring (bicyclic) bond motifs is 7. The Hall–Kier alpha value is -6.56. The molecular weight excluding hydrogens is 643 g/mol. The Morgan fingerprint density at radius 3 is 2.06 bits per heavy atom. The van der Waals surface area contributed by atoms with Crippen LogP contribution >= 0.6 is 11.3 Å². The number of nitrogens with zero attached hydrogens (tertiary/aromatic N) is 3. The lowest BCUT2D eigenvalue weighted by atomic mass is 9.95. The topological polar surface area (TPSA) is 43.9 Å². The van der Waals surface area contributed by atoms with Crippen LogP contribution in [0.4, 0.5) is 0 Å². The van der Waals surface area contributed by atoms with Crippen molar-refractivity contribution in [3.05, 3.63) is 140 Å². The van der Waals surface area contributed by atoms with E-state index >= 15 is 0 Å². The van der Waals surface area contributed by atoms with Crippen molar-refractivity contribution in [1.82, 2.24) is 14.5 Å². The maximum absolute atomic E-state index is 6.57.